The van der Waals surface area contributed by atoms with Gasteiger partial charge in [-0.2, -0.15) is 0 Å². The molecule has 0 saturated carbocycles. The molecule has 3 N–H and O–H groups in total. The van der Waals surface area contributed by atoms with Gasteiger partial charge in [0.05, 0.1) is 42.5 Å². The lowest BCUT2D eigenvalue weighted by molar-refractivity contribution is -0.383. The summed E-state index contributed by atoms with van der Waals surface area (Å²) < 4.78 is 22.0. The number of carbonyl (C=O) groups excluding carboxylic acids is 3. The number of piperidine rings is 2. The summed E-state index contributed by atoms with van der Waals surface area (Å²) in [6, 6.07) is 21.3. The first-order valence-corrected chi connectivity index (χ1v) is 19.0. The van der Waals surface area contributed by atoms with Gasteiger partial charge in [0.2, 0.25) is 17.3 Å². The number of non-ortho nitro benzene ring substituents is 1. The number of nitrogens with one attached hydrogen (secondary N) is 3. The normalized spacial score (nSPS) is 19.2. The standard InChI is InChI=1S/C39H46N8O9/c48-34(14-20-53-21-15-40-30-9-10-32(47(51)52)38-37(30)43-56-44-38)41-16-22-54-29-8-4-7-28(23-29)36(26-5-2-1-3-6-26)27-11-17-45(18-12-27)39(50)46-19-13-33-31(24-46)42-35(49)25-55-33/h1-10,23,27,31,33,36,40H,11-22,24-25H2,(H,41,48)(H,42,49)/t31-,33+,36-/m1/s1. The molecule has 56 heavy (non-hydrogen) atoms. The number of carbonyl (C=O) groups is 3. The van der Waals surface area contributed by atoms with Gasteiger partial charge in [0, 0.05) is 51.1 Å². The minimum absolute atomic E-state index is 0.0231. The Morgan fingerprint density at radius 3 is 2.54 bits per heavy atom. The molecule has 3 aliphatic heterocycles. The molecule has 0 aliphatic carbocycles. The molecule has 17 nitrogen and oxygen atoms in total. The van der Waals surface area contributed by atoms with E-state index in [9.17, 15) is 24.5 Å². The Balaban J connectivity index is 0.839. The minimum Gasteiger partial charge on any atom is -0.492 e. The Hall–Kier alpha value is -5.81. The number of aromatic nitrogens is 2. The average Bonchev–Trinajstić information content (AvgIpc) is 3.72. The van der Waals surface area contributed by atoms with Crippen LogP contribution in [-0.4, -0.2) is 121 Å². The molecular formula is C39H46N8O9. The third-order valence-electron chi connectivity index (χ3n) is 10.6. The number of morpholine rings is 1. The Labute approximate surface area is 323 Å². The molecule has 3 aromatic carbocycles. The van der Waals surface area contributed by atoms with Crippen LogP contribution in [0.25, 0.3) is 11.0 Å². The van der Waals surface area contributed by atoms with Crippen LogP contribution in [0.4, 0.5) is 16.2 Å². The fraction of sp³-hybridized carbons (Fsp3) is 0.462. The molecule has 4 aromatic rings. The first-order valence-electron chi connectivity index (χ1n) is 19.0. The van der Waals surface area contributed by atoms with E-state index >= 15 is 0 Å². The average molecular weight is 771 g/mol. The van der Waals surface area contributed by atoms with Crippen molar-refractivity contribution >= 4 is 40.3 Å². The molecule has 0 bridgehead atoms. The minimum atomic E-state index is -0.544. The number of nitro groups is 1. The Bertz CT molecular complexity index is 1990. The van der Waals surface area contributed by atoms with E-state index in [1.807, 2.05) is 28.0 Å². The fourth-order valence-corrected chi connectivity index (χ4v) is 7.81. The number of hydrogen-bond donors (Lipinski definition) is 3. The van der Waals surface area contributed by atoms with Crippen LogP contribution in [0.5, 0.6) is 5.75 Å². The zero-order chi connectivity index (χ0) is 38.9. The number of likely N-dealkylation sites (tertiary alicyclic amines) is 2. The summed E-state index contributed by atoms with van der Waals surface area (Å²) in [4.78, 5) is 52.3. The number of benzene rings is 3. The number of nitro benzene ring substituents is 1. The lowest BCUT2D eigenvalue weighted by Gasteiger charge is -2.44. The molecule has 4 amide bonds. The highest BCUT2D eigenvalue weighted by Crippen LogP contribution is 2.39. The SMILES string of the molecule is O=C(CCOCCNc1ccc([N+](=O)[O-])c2nonc12)NCCOc1cccc([C@H](c2ccccc2)C2CCN(C(=O)N3CC[C@@H]4OCC(=O)N[C@@H]4C3)CC2)c1. The van der Waals surface area contributed by atoms with Gasteiger partial charge in [-0.1, -0.05) is 42.5 Å². The van der Waals surface area contributed by atoms with E-state index in [-0.39, 0.29) is 72.3 Å². The third-order valence-corrected chi connectivity index (χ3v) is 10.6. The second-order valence-corrected chi connectivity index (χ2v) is 14.2. The van der Waals surface area contributed by atoms with Crippen LogP contribution in [0.15, 0.2) is 71.4 Å². The Morgan fingerprint density at radius 1 is 0.929 bits per heavy atom. The molecule has 4 heterocycles. The number of nitrogens with zero attached hydrogens (tertiary/aromatic N) is 5. The highest BCUT2D eigenvalue weighted by molar-refractivity contribution is 5.93. The zero-order valence-corrected chi connectivity index (χ0v) is 31.0. The van der Waals surface area contributed by atoms with Crippen molar-refractivity contribution in [2.45, 2.75) is 43.7 Å². The molecule has 3 fully saturated rings. The second kappa shape index (κ2) is 18.2. The van der Waals surface area contributed by atoms with Crippen LogP contribution in [0.3, 0.4) is 0 Å². The van der Waals surface area contributed by atoms with E-state index in [4.69, 9.17) is 14.2 Å². The summed E-state index contributed by atoms with van der Waals surface area (Å²) in [6.07, 6.45) is 2.56. The monoisotopic (exact) mass is 770 g/mol. The van der Waals surface area contributed by atoms with Gasteiger partial charge in [0.1, 0.15) is 19.0 Å². The Kier molecular flexibility index (Phi) is 12.5. The van der Waals surface area contributed by atoms with E-state index in [0.29, 0.717) is 70.5 Å². The number of fused-ring (bicyclic) bond motifs is 2. The second-order valence-electron chi connectivity index (χ2n) is 14.2. The van der Waals surface area contributed by atoms with Crippen LogP contribution >= 0.6 is 0 Å². The van der Waals surface area contributed by atoms with Gasteiger partial charge in [-0.05, 0) is 64.8 Å². The predicted molar refractivity (Wildman–Crippen MR) is 203 cm³/mol. The highest BCUT2D eigenvalue weighted by atomic mass is 16.6. The van der Waals surface area contributed by atoms with E-state index in [2.05, 4.69) is 67.3 Å². The van der Waals surface area contributed by atoms with Gasteiger partial charge in [0.25, 0.3) is 0 Å². The van der Waals surface area contributed by atoms with Gasteiger partial charge < -0.3 is 40.0 Å². The van der Waals surface area contributed by atoms with E-state index in [0.717, 1.165) is 24.2 Å². The molecule has 0 spiro atoms. The maximum Gasteiger partial charge on any atom is 0.320 e. The van der Waals surface area contributed by atoms with Crippen LogP contribution < -0.4 is 20.7 Å². The van der Waals surface area contributed by atoms with Crippen molar-refractivity contribution in [2.75, 3.05) is 71.0 Å². The summed E-state index contributed by atoms with van der Waals surface area (Å²) in [5.41, 5.74) is 3.02. The van der Waals surface area contributed by atoms with Crippen molar-refractivity contribution in [3.05, 3.63) is 88.0 Å². The van der Waals surface area contributed by atoms with Crippen LogP contribution in [0.1, 0.15) is 42.7 Å². The number of amides is 4. The first-order chi connectivity index (χ1) is 27.3. The number of urea groups is 1. The summed E-state index contributed by atoms with van der Waals surface area (Å²) in [5, 5.41) is 27.5. The van der Waals surface area contributed by atoms with Gasteiger partial charge in [-0.3, -0.25) is 19.7 Å². The Morgan fingerprint density at radius 2 is 1.71 bits per heavy atom. The third kappa shape index (κ3) is 9.34. The van der Waals surface area contributed by atoms with Crippen LogP contribution in [0, 0.1) is 16.0 Å². The maximum atomic E-state index is 13.5. The largest absolute Gasteiger partial charge is 0.492 e. The van der Waals surface area contributed by atoms with E-state index < -0.39 is 4.92 Å². The topological polar surface area (TPSA) is 204 Å². The number of anilines is 1. The zero-order valence-electron chi connectivity index (χ0n) is 31.0. The van der Waals surface area contributed by atoms with Gasteiger partial charge in [-0.25, -0.2) is 9.42 Å². The first kappa shape index (κ1) is 38.5. The summed E-state index contributed by atoms with van der Waals surface area (Å²) in [6.45, 7) is 4.02. The summed E-state index contributed by atoms with van der Waals surface area (Å²) in [7, 11) is 0. The van der Waals surface area contributed by atoms with Crippen molar-refractivity contribution in [1.29, 1.82) is 0 Å². The lowest BCUT2D eigenvalue weighted by atomic mass is 9.76. The molecule has 17 heteroatoms. The van der Waals surface area contributed by atoms with E-state index in [1.165, 1.54) is 17.7 Å². The van der Waals surface area contributed by atoms with Crippen LogP contribution in [0.2, 0.25) is 0 Å². The highest BCUT2D eigenvalue weighted by Gasteiger charge is 2.39. The molecule has 0 unspecified atom stereocenters. The van der Waals surface area contributed by atoms with Crippen molar-refractivity contribution < 1.29 is 38.1 Å². The van der Waals surface area contributed by atoms with E-state index in [1.54, 1.807) is 0 Å². The quantitative estimate of drug-likeness (QED) is 0.0900. The maximum absolute atomic E-state index is 13.5. The van der Waals surface area contributed by atoms with Gasteiger partial charge in [-0.15, -0.1) is 0 Å². The number of rotatable bonds is 15. The molecular weight excluding hydrogens is 724 g/mol. The molecule has 3 saturated heterocycles. The smallest absolute Gasteiger partial charge is 0.320 e. The molecule has 0 radical (unpaired) electrons. The molecule has 3 aliphatic rings. The molecule has 7 rings (SSSR count). The van der Waals surface area contributed by atoms with Crippen molar-refractivity contribution in [3.63, 3.8) is 0 Å². The van der Waals surface area contributed by atoms with Crippen molar-refractivity contribution in [1.82, 2.24) is 30.7 Å². The van der Waals surface area contributed by atoms with Crippen LogP contribution in [-0.2, 0) is 19.1 Å². The molecule has 296 valence electrons. The number of hydrogen-bond acceptors (Lipinski definition) is 12. The predicted octanol–water partition coefficient (Wildman–Crippen LogP) is 3.70. The fourth-order valence-electron chi connectivity index (χ4n) is 7.81. The lowest BCUT2D eigenvalue weighted by Crippen LogP contribution is -2.62. The molecule has 3 atom stereocenters. The molecule has 1 aromatic heterocycles. The summed E-state index contributed by atoms with van der Waals surface area (Å²) in [5.74, 6) is 0.860. The van der Waals surface area contributed by atoms with Gasteiger partial charge in [0.15, 0.2) is 5.52 Å². The number of ether oxygens (including phenoxy) is 3. The van der Waals surface area contributed by atoms with Crippen molar-refractivity contribution in [3.8, 4) is 5.75 Å². The summed E-state index contributed by atoms with van der Waals surface area (Å²) >= 11 is 0. The van der Waals surface area contributed by atoms with Gasteiger partial charge >= 0.3 is 11.7 Å². The van der Waals surface area contributed by atoms with Crippen molar-refractivity contribution in [2.24, 2.45) is 5.92 Å².